The van der Waals surface area contributed by atoms with Crippen LogP contribution in [0.1, 0.15) is 16.0 Å². The molecule has 4 aromatic rings. The van der Waals surface area contributed by atoms with E-state index in [0.717, 1.165) is 22.6 Å². The number of nitrogens with zero attached hydrogens (tertiary/aromatic N) is 4. The Bertz CT molecular complexity index is 974. The van der Waals surface area contributed by atoms with Gasteiger partial charge in [-0.2, -0.15) is 15.1 Å². The van der Waals surface area contributed by atoms with E-state index in [4.69, 9.17) is 4.98 Å². The number of aryl methyl sites for hydroxylation is 2. The molecule has 6 heteroatoms. The first kappa shape index (κ1) is 14.8. The molecule has 0 radical (unpaired) electrons. The number of rotatable bonds is 4. The lowest BCUT2D eigenvalue weighted by molar-refractivity contribution is 0.816. The molecule has 1 N–H and O–H groups in total. The van der Waals surface area contributed by atoms with Crippen molar-refractivity contribution in [3.63, 3.8) is 0 Å². The maximum atomic E-state index is 4.72. The lowest BCUT2D eigenvalue weighted by atomic mass is 10.2. The third kappa shape index (κ3) is 2.65. The number of anilines is 1. The monoisotopic (exact) mass is 335 g/mol. The molecule has 1 aromatic carbocycles. The average Bonchev–Trinajstić information content (AvgIpc) is 3.23. The molecule has 0 saturated carbocycles. The molecular weight excluding hydrogens is 318 g/mol. The van der Waals surface area contributed by atoms with Gasteiger partial charge in [0.2, 0.25) is 0 Å². The summed E-state index contributed by atoms with van der Waals surface area (Å²) in [6, 6.07) is 12.2. The maximum absolute atomic E-state index is 4.72. The highest BCUT2D eigenvalue weighted by Crippen LogP contribution is 2.33. The maximum Gasteiger partial charge on any atom is 0.253 e. The molecule has 0 aliphatic heterocycles. The molecule has 0 bridgehead atoms. The Morgan fingerprint density at radius 3 is 2.67 bits per heavy atom. The highest BCUT2D eigenvalue weighted by Gasteiger charge is 2.15. The molecule has 0 saturated heterocycles. The number of nitrogens with one attached hydrogen (secondary N) is 1. The van der Waals surface area contributed by atoms with Crippen LogP contribution in [0.25, 0.3) is 16.2 Å². The van der Waals surface area contributed by atoms with E-state index in [-0.39, 0.29) is 0 Å². The molecule has 3 aromatic heterocycles. The Kier molecular flexibility index (Phi) is 3.74. The molecule has 3 heterocycles. The highest BCUT2D eigenvalue weighted by molar-refractivity contribution is 7.18. The minimum atomic E-state index is 0.587. The summed E-state index contributed by atoms with van der Waals surface area (Å²) in [5, 5.41) is 8.83. The Hall–Kier alpha value is -2.73. The average molecular weight is 335 g/mol. The van der Waals surface area contributed by atoms with Crippen molar-refractivity contribution < 1.29 is 0 Å². The van der Waals surface area contributed by atoms with Crippen LogP contribution < -0.4 is 5.32 Å². The summed E-state index contributed by atoms with van der Waals surface area (Å²) in [5.74, 6) is 1.44. The van der Waals surface area contributed by atoms with Crippen LogP contribution in [0.2, 0.25) is 0 Å². The summed E-state index contributed by atoms with van der Waals surface area (Å²) in [7, 11) is 0. The molecule has 5 nitrogen and oxygen atoms in total. The van der Waals surface area contributed by atoms with Crippen LogP contribution in [0.15, 0.2) is 48.8 Å². The number of aromatic nitrogens is 4. The zero-order valence-electron chi connectivity index (χ0n) is 13.5. The number of fused-ring (bicyclic) bond motifs is 1. The van der Waals surface area contributed by atoms with Gasteiger partial charge < -0.3 is 5.32 Å². The molecular formula is C18H17N5S. The fraction of sp³-hybridized carbons (Fsp3) is 0.167. The Morgan fingerprint density at radius 1 is 1.08 bits per heavy atom. The van der Waals surface area contributed by atoms with Crippen LogP contribution in [-0.2, 0) is 6.54 Å². The number of thiophene rings is 1. The molecule has 0 fully saturated rings. The van der Waals surface area contributed by atoms with Crippen LogP contribution in [0.4, 0.5) is 5.82 Å². The van der Waals surface area contributed by atoms with Crippen LogP contribution in [0, 0.1) is 13.8 Å². The molecule has 0 spiro atoms. The normalized spacial score (nSPS) is 11.1. The quantitative estimate of drug-likeness (QED) is 0.610. The Labute approximate surface area is 144 Å². The van der Waals surface area contributed by atoms with Gasteiger partial charge in [-0.1, -0.05) is 30.3 Å². The lowest BCUT2D eigenvalue weighted by Gasteiger charge is -2.10. The summed E-state index contributed by atoms with van der Waals surface area (Å²) in [6.07, 6.45) is 3.59. The van der Waals surface area contributed by atoms with Crippen LogP contribution in [0.5, 0.6) is 0 Å². The van der Waals surface area contributed by atoms with Crippen LogP contribution >= 0.6 is 11.3 Å². The summed E-state index contributed by atoms with van der Waals surface area (Å²) in [4.78, 5) is 11.7. The zero-order chi connectivity index (χ0) is 16.5. The largest absolute Gasteiger partial charge is 0.365 e. The molecule has 0 aliphatic rings. The molecule has 0 amide bonds. The first-order valence-electron chi connectivity index (χ1n) is 7.78. The van der Waals surface area contributed by atoms with Crippen molar-refractivity contribution >= 4 is 27.4 Å². The lowest BCUT2D eigenvalue weighted by Crippen LogP contribution is -2.07. The zero-order valence-corrected chi connectivity index (χ0v) is 14.3. The van der Waals surface area contributed by atoms with E-state index in [2.05, 4.69) is 41.4 Å². The highest BCUT2D eigenvalue weighted by atomic mass is 32.1. The van der Waals surface area contributed by atoms with Gasteiger partial charge in [-0.15, -0.1) is 11.3 Å². The summed E-state index contributed by atoms with van der Waals surface area (Å²) >= 11 is 1.69. The molecule has 0 atom stereocenters. The van der Waals surface area contributed by atoms with Gasteiger partial charge in [-0.05, 0) is 31.0 Å². The summed E-state index contributed by atoms with van der Waals surface area (Å²) in [6.45, 7) is 4.97. The topological polar surface area (TPSA) is 55.6 Å². The van der Waals surface area contributed by atoms with E-state index in [0.29, 0.717) is 5.95 Å². The van der Waals surface area contributed by atoms with E-state index >= 15 is 0 Å². The number of benzene rings is 1. The Morgan fingerprint density at radius 2 is 1.92 bits per heavy atom. The predicted molar refractivity (Wildman–Crippen MR) is 97.8 cm³/mol. The van der Waals surface area contributed by atoms with Gasteiger partial charge in [0.05, 0.1) is 5.39 Å². The molecule has 0 unspecified atom stereocenters. The number of hydrogen-bond acceptors (Lipinski definition) is 5. The predicted octanol–water partition coefficient (Wildman–Crippen LogP) is 4.11. The SMILES string of the molecule is Cc1sc2nc(-n3cccn3)nc(NCc3ccccc3)c2c1C. The summed E-state index contributed by atoms with van der Waals surface area (Å²) < 4.78 is 1.69. The van der Waals surface area contributed by atoms with E-state index < -0.39 is 0 Å². The van der Waals surface area contributed by atoms with E-state index in [9.17, 15) is 0 Å². The minimum absolute atomic E-state index is 0.587. The van der Waals surface area contributed by atoms with E-state index in [1.165, 1.54) is 16.0 Å². The standard InChI is InChI=1S/C18H17N5S/c1-12-13(2)24-17-15(12)16(19-11-14-7-4-3-5-8-14)21-18(22-17)23-10-6-9-20-23/h3-10H,11H2,1-2H3,(H,19,21,22). The molecule has 24 heavy (non-hydrogen) atoms. The van der Waals surface area contributed by atoms with Crippen molar-refractivity contribution in [1.82, 2.24) is 19.7 Å². The van der Waals surface area contributed by atoms with Gasteiger partial charge in [-0.3, -0.25) is 0 Å². The third-order valence-corrected chi connectivity index (χ3v) is 5.13. The van der Waals surface area contributed by atoms with Crippen molar-refractivity contribution in [1.29, 1.82) is 0 Å². The second-order valence-corrected chi connectivity index (χ2v) is 6.83. The second kappa shape index (κ2) is 6.05. The van der Waals surface area contributed by atoms with Crippen LogP contribution in [0.3, 0.4) is 0 Å². The minimum Gasteiger partial charge on any atom is -0.365 e. The van der Waals surface area contributed by atoms with E-state index in [1.54, 1.807) is 22.2 Å². The van der Waals surface area contributed by atoms with Gasteiger partial charge in [0.25, 0.3) is 5.95 Å². The van der Waals surface area contributed by atoms with Crippen molar-refractivity contribution in [2.24, 2.45) is 0 Å². The van der Waals surface area contributed by atoms with Gasteiger partial charge in [0.1, 0.15) is 10.6 Å². The van der Waals surface area contributed by atoms with Gasteiger partial charge in [0, 0.05) is 23.8 Å². The first-order chi connectivity index (χ1) is 11.7. The first-order valence-corrected chi connectivity index (χ1v) is 8.59. The van der Waals surface area contributed by atoms with Gasteiger partial charge >= 0.3 is 0 Å². The van der Waals surface area contributed by atoms with Gasteiger partial charge in [-0.25, -0.2) is 4.68 Å². The fourth-order valence-electron chi connectivity index (χ4n) is 2.64. The molecule has 120 valence electrons. The smallest absolute Gasteiger partial charge is 0.253 e. The Balaban J connectivity index is 1.79. The van der Waals surface area contributed by atoms with Gasteiger partial charge in [0.15, 0.2) is 0 Å². The van der Waals surface area contributed by atoms with E-state index in [1.807, 2.05) is 30.5 Å². The summed E-state index contributed by atoms with van der Waals surface area (Å²) in [5.41, 5.74) is 2.45. The van der Waals surface area contributed by atoms with Crippen molar-refractivity contribution in [3.8, 4) is 5.95 Å². The van der Waals surface area contributed by atoms with Crippen molar-refractivity contribution in [3.05, 3.63) is 64.8 Å². The van der Waals surface area contributed by atoms with Crippen molar-refractivity contribution in [2.75, 3.05) is 5.32 Å². The second-order valence-electron chi connectivity index (χ2n) is 5.63. The fourth-order valence-corrected chi connectivity index (χ4v) is 3.66. The molecule has 0 aliphatic carbocycles. The number of hydrogen-bond donors (Lipinski definition) is 1. The third-order valence-electron chi connectivity index (χ3n) is 4.03. The molecule has 4 rings (SSSR count). The van der Waals surface area contributed by atoms with Crippen LogP contribution in [-0.4, -0.2) is 19.7 Å². The van der Waals surface area contributed by atoms with Crippen molar-refractivity contribution in [2.45, 2.75) is 20.4 Å².